The Labute approximate surface area is 502 Å². The van der Waals surface area contributed by atoms with Gasteiger partial charge >= 0.3 is 16.0 Å². The van der Waals surface area contributed by atoms with Crippen LogP contribution >= 0.6 is 34.3 Å². The Morgan fingerprint density at radius 3 is 1.80 bits per heavy atom. The molecule has 9 rings (SSSR count). The largest absolute Gasteiger partial charge is 0.506 e. The molecular formula is C55H62ClCoFeN10O11S2-. The molecule has 4 aliphatic carbocycles. The van der Waals surface area contributed by atoms with E-state index in [2.05, 4.69) is 117 Å². The van der Waals surface area contributed by atoms with Gasteiger partial charge < -0.3 is 44.8 Å². The van der Waals surface area contributed by atoms with Gasteiger partial charge in [0.15, 0.2) is 17.3 Å². The second-order valence-corrected chi connectivity index (χ2v) is 20.9. The molecule has 26 heteroatoms. The van der Waals surface area contributed by atoms with E-state index >= 15 is 0 Å². The van der Waals surface area contributed by atoms with Crippen molar-refractivity contribution in [2.75, 3.05) is 38.3 Å². The summed E-state index contributed by atoms with van der Waals surface area (Å²) in [5.41, 5.74) is 5.83. The Hall–Kier alpha value is -6.86. The van der Waals surface area contributed by atoms with Crippen molar-refractivity contribution in [3.63, 3.8) is 0 Å². The zero-order valence-electron chi connectivity index (χ0n) is 45.1. The number of hydrogen-bond donors (Lipinski definition) is 2. The molecule has 2 saturated carbocycles. The van der Waals surface area contributed by atoms with Crippen LogP contribution in [0, 0.1) is 26.1 Å². The summed E-state index contributed by atoms with van der Waals surface area (Å²) in [6.45, 7) is 11.2. The Kier molecular flexibility index (Phi) is 26.8. The molecule has 0 spiro atoms. The number of allylic oxidation sites excluding steroid dienone is 7. The van der Waals surface area contributed by atoms with E-state index in [0.717, 1.165) is 114 Å². The molecule has 2 aromatic heterocycles. The van der Waals surface area contributed by atoms with Gasteiger partial charge in [-0.3, -0.25) is 44.8 Å². The smallest absolute Gasteiger partial charge is 0.319 e. The number of carbonyl (C=O) groups excluding carboxylic acids is 3. The number of aliphatic hydroxyl groups is 2. The number of benzene rings is 2. The number of rotatable bonds is 15. The Morgan fingerprint density at radius 1 is 0.802 bits per heavy atom. The number of aromatic nitrogens is 2. The Balaban J connectivity index is 0.000000273. The molecule has 0 amide bonds. The number of thiazole rings is 2. The van der Waals surface area contributed by atoms with Crippen molar-refractivity contribution in [2.24, 2.45) is 26.3 Å². The van der Waals surface area contributed by atoms with Gasteiger partial charge in [-0.15, -0.1) is 0 Å². The predicted molar refractivity (Wildman–Crippen MR) is 305 cm³/mol. The number of nitrogens with zero attached hydrogens (tertiary/aromatic N) is 10. The number of hydrogen-bond acceptors (Lipinski definition) is 18. The fraction of sp³-hybridized carbons (Fsp3) is 0.382. The minimum atomic E-state index is -0.583. The van der Waals surface area contributed by atoms with Gasteiger partial charge in [-0.1, -0.05) is 86.1 Å². The van der Waals surface area contributed by atoms with Crippen molar-refractivity contribution >= 4 is 96.4 Å². The van der Waals surface area contributed by atoms with Crippen LogP contribution in [0.5, 0.6) is 5.75 Å². The molecule has 81 heavy (non-hydrogen) atoms. The summed E-state index contributed by atoms with van der Waals surface area (Å²) < 4.78 is 14.0. The molecule has 0 saturated heterocycles. The fourth-order valence-corrected chi connectivity index (χ4v) is 10.2. The average molecular weight is 1250 g/mol. The zero-order chi connectivity index (χ0) is 57.1. The molecule has 1 aliphatic heterocycles. The minimum Gasteiger partial charge on any atom is -0.506 e. The summed E-state index contributed by atoms with van der Waals surface area (Å²) in [5, 5.41) is 54.6. The Morgan fingerprint density at radius 2 is 1.33 bits per heavy atom. The Bertz CT molecular complexity index is 3180. The molecule has 1 unspecified atom stereocenters. The van der Waals surface area contributed by atoms with Gasteiger partial charge in [-0.25, -0.2) is 0 Å². The standard InChI is InChI=1S/C32H42ClN2O3.2C9H6N4O4S.C5H10.Co.Fe/c1-6-32(4)27-21-25(33)15-17-28(27)34(5)30(32)18-14-23-13-16-26(35(7-2)8-3)22-29(23)37-19-20-38-31(36)24-11-9-10-12-24;2*14-5-1-2-6(7(15)3-5)11-12-9-10-4-8(18-9)13(16)17;1-2-4-5-3-1;;/h13-18,21-22,24H,6-12,19-20H2,1-5H3;2*1-4H,(H2,10,12,14,15);1-5H2;;/q+1;;;;;/p-2. The van der Waals surface area contributed by atoms with Crippen molar-refractivity contribution < 1.29 is 82.3 Å². The van der Waals surface area contributed by atoms with Crippen molar-refractivity contribution in [1.82, 2.24) is 9.97 Å². The van der Waals surface area contributed by atoms with E-state index < -0.39 is 9.85 Å². The van der Waals surface area contributed by atoms with Crippen molar-refractivity contribution in [3.05, 3.63) is 149 Å². The van der Waals surface area contributed by atoms with Gasteiger partial charge in [-0.05, 0) is 94.7 Å². The van der Waals surface area contributed by atoms with Crippen LogP contribution in [-0.2, 0) is 58.4 Å². The van der Waals surface area contributed by atoms with E-state index in [-0.39, 0.29) is 112 Å². The third-order valence-electron chi connectivity index (χ3n) is 13.3. The number of anilines is 1. The number of ether oxygens (including phenoxy) is 2. The van der Waals surface area contributed by atoms with E-state index in [1.165, 1.54) is 73.4 Å². The van der Waals surface area contributed by atoms with Crippen LogP contribution in [0.1, 0.15) is 103 Å². The minimum absolute atomic E-state index is 0. The first-order valence-corrected chi connectivity index (χ1v) is 27.8. The quantitative estimate of drug-likeness (QED) is 0.0213. The maximum Gasteiger partial charge on any atom is 0.319 e. The first kappa shape index (κ1) is 66.6. The summed E-state index contributed by atoms with van der Waals surface area (Å²) in [6, 6.07) is 12.5. The van der Waals surface area contributed by atoms with Crippen LogP contribution in [0.15, 0.2) is 123 Å². The second kappa shape index (κ2) is 32.5. The van der Waals surface area contributed by atoms with Crippen LogP contribution in [0.3, 0.4) is 0 Å². The van der Waals surface area contributed by atoms with E-state index in [9.17, 15) is 44.8 Å². The summed E-state index contributed by atoms with van der Waals surface area (Å²) >= 11 is 7.89. The van der Waals surface area contributed by atoms with Crippen LogP contribution in [0.4, 0.5) is 21.4 Å². The first-order chi connectivity index (χ1) is 37.9. The number of ketones is 2. The summed E-state index contributed by atoms with van der Waals surface area (Å²) in [7, 11) is 2.12. The van der Waals surface area contributed by atoms with Crippen molar-refractivity contribution in [2.45, 2.75) is 97.3 Å². The number of halogens is 1. The number of esters is 1. The van der Waals surface area contributed by atoms with Crippen LogP contribution in [0.2, 0.25) is 5.02 Å². The molecule has 435 valence electrons. The zero-order valence-corrected chi connectivity index (χ0v) is 49.7. The van der Waals surface area contributed by atoms with E-state index in [1.807, 2.05) is 6.07 Å². The summed E-state index contributed by atoms with van der Waals surface area (Å²) in [6.07, 6.45) is 26.1. The SMILES string of the molecule is C1CCCC1.CCN(CC)c1ccc(/C=C/C2=[N+](C)c3ccc(Cl)cc3C2(C)CC)c(OCCOC(=O)C2CCCC2)c1.O=C1C=CC(=NN=c2[n-]cc([N+](=O)[O-])s2)C(O)=C1.O=C1C=CC(=NN=c2[n-]cc([N+](=O)[O-])s2)C(O)=C1.[Co].[Fe]. The maximum atomic E-state index is 12.3. The number of carbonyl (C=O) groups is 3. The molecule has 5 aliphatic rings. The molecule has 1 radical (unpaired) electrons. The number of nitro groups is 2. The molecule has 1 atom stereocenters. The predicted octanol–water partition coefficient (Wildman–Crippen LogP) is 10.3. The van der Waals surface area contributed by atoms with Crippen LogP contribution in [0.25, 0.3) is 6.08 Å². The van der Waals surface area contributed by atoms with Gasteiger partial charge in [0.05, 0.1) is 21.2 Å². The van der Waals surface area contributed by atoms with E-state index in [0.29, 0.717) is 6.61 Å². The molecule has 2 aromatic carbocycles. The topological polar surface area (TPSA) is 280 Å². The van der Waals surface area contributed by atoms with Gasteiger partial charge in [0.2, 0.25) is 5.69 Å². The van der Waals surface area contributed by atoms with Gasteiger partial charge in [0, 0.05) is 121 Å². The normalized spacial score (nSPS) is 18.6. The third kappa shape index (κ3) is 18.8. The average Bonchev–Trinajstić information content (AvgIpc) is 4.34. The molecule has 21 nitrogen and oxygen atoms in total. The van der Waals surface area contributed by atoms with E-state index in [4.69, 9.17) is 21.1 Å². The van der Waals surface area contributed by atoms with Crippen molar-refractivity contribution in [3.8, 4) is 5.75 Å². The van der Waals surface area contributed by atoms with Crippen LogP contribution in [-0.4, -0.2) is 92.7 Å². The van der Waals surface area contributed by atoms with E-state index in [1.54, 1.807) is 0 Å². The van der Waals surface area contributed by atoms with Crippen molar-refractivity contribution in [1.29, 1.82) is 0 Å². The number of aliphatic hydroxyl groups excluding tert-OH is 2. The maximum absolute atomic E-state index is 12.3. The molecule has 2 fully saturated rings. The number of fused-ring (bicyclic) bond motifs is 1. The molecule has 4 aromatic rings. The van der Waals surface area contributed by atoms with Gasteiger partial charge in [-0.2, -0.15) is 4.58 Å². The molecular weight excluding hydrogens is 1190 g/mol. The fourth-order valence-electron chi connectivity index (χ4n) is 8.89. The van der Waals surface area contributed by atoms with Gasteiger partial charge in [0.1, 0.15) is 49.0 Å². The monoisotopic (exact) mass is 1250 g/mol. The molecule has 3 heterocycles. The molecule has 0 bridgehead atoms. The summed E-state index contributed by atoms with van der Waals surface area (Å²) in [4.78, 5) is 63.6. The third-order valence-corrected chi connectivity index (χ3v) is 15.2. The second-order valence-electron chi connectivity index (χ2n) is 18.5. The van der Waals surface area contributed by atoms with Gasteiger partial charge in [0.25, 0.3) is 0 Å². The molecule has 2 N–H and O–H groups in total. The summed E-state index contributed by atoms with van der Waals surface area (Å²) in [5.74, 6) is -0.543. The first-order valence-electron chi connectivity index (χ1n) is 25.8. The van der Waals surface area contributed by atoms with Crippen LogP contribution < -0.4 is 29.2 Å².